The Morgan fingerprint density at radius 1 is 1.17 bits per heavy atom. The smallest absolute Gasteiger partial charge is 0.311 e. The Morgan fingerprint density at radius 3 is 2.55 bits per heavy atom. The van der Waals surface area contributed by atoms with E-state index in [4.69, 9.17) is 12.2 Å². The van der Waals surface area contributed by atoms with Gasteiger partial charge in [0.25, 0.3) is 5.91 Å². The quantitative estimate of drug-likeness (QED) is 0.346. The Bertz CT molecular complexity index is 1060. The number of benzene rings is 2. The summed E-state index contributed by atoms with van der Waals surface area (Å²) in [5, 5.41) is 30.0. The van der Waals surface area contributed by atoms with E-state index in [1.165, 1.54) is 18.2 Å². The van der Waals surface area contributed by atoms with E-state index in [-0.39, 0.29) is 5.91 Å². The second-order valence-electron chi connectivity index (χ2n) is 6.83. The molecule has 0 aliphatic carbocycles. The standard InChI is InChI=1S/C20H20N4O4S/c1-10-4-6-14(8-11(10)2)22-19(26)17-12(3)21-20(29)23-18(17)13-5-7-16(25)15(9-13)24(27)28/h4-9,18,25H,1-3H3,(H,22,26)(H2,21,23,29). The topological polar surface area (TPSA) is 117 Å². The molecule has 0 saturated carbocycles. The molecule has 150 valence electrons. The van der Waals surface area contributed by atoms with Crippen LogP contribution in [0, 0.1) is 24.0 Å². The third-order valence-electron chi connectivity index (χ3n) is 4.81. The molecule has 9 heteroatoms. The summed E-state index contributed by atoms with van der Waals surface area (Å²) in [6.07, 6.45) is 0. The number of nitrogens with zero attached hydrogens (tertiary/aromatic N) is 1. The molecule has 0 spiro atoms. The molecule has 0 saturated heterocycles. The Labute approximate surface area is 172 Å². The van der Waals surface area contributed by atoms with Crippen LogP contribution in [0.2, 0.25) is 0 Å². The van der Waals surface area contributed by atoms with E-state index >= 15 is 0 Å². The third-order valence-corrected chi connectivity index (χ3v) is 5.03. The van der Waals surface area contributed by atoms with Crippen LogP contribution in [0.5, 0.6) is 5.75 Å². The average Bonchev–Trinajstić information content (AvgIpc) is 2.64. The van der Waals surface area contributed by atoms with Gasteiger partial charge in [0.1, 0.15) is 0 Å². The molecule has 1 atom stereocenters. The lowest BCUT2D eigenvalue weighted by atomic mass is 9.94. The first-order chi connectivity index (χ1) is 13.7. The van der Waals surface area contributed by atoms with Gasteiger partial charge in [-0.15, -0.1) is 0 Å². The van der Waals surface area contributed by atoms with Gasteiger partial charge in [-0.2, -0.15) is 0 Å². The van der Waals surface area contributed by atoms with Gasteiger partial charge in [0.15, 0.2) is 10.9 Å². The molecule has 0 fully saturated rings. The minimum absolute atomic E-state index is 0.297. The molecule has 1 heterocycles. The zero-order valence-corrected chi connectivity index (χ0v) is 16.9. The fourth-order valence-corrected chi connectivity index (χ4v) is 3.40. The highest BCUT2D eigenvalue weighted by Crippen LogP contribution is 2.33. The van der Waals surface area contributed by atoms with E-state index in [1.54, 1.807) is 6.92 Å². The van der Waals surface area contributed by atoms with Gasteiger partial charge in [0, 0.05) is 17.5 Å². The minimum Gasteiger partial charge on any atom is -0.502 e. The highest BCUT2D eigenvalue weighted by atomic mass is 32.1. The molecule has 4 N–H and O–H groups in total. The van der Waals surface area contributed by atoms with E-state index in [0.29, 0.717) is 27.6 Å². The van der Waals surface area contributed by atoms with Gasteiger partial charge in [-0.25, -0.2) is 0 Å². The number of aryl methyl sites for hydroxylation is 2. The van der Waals surface area contributed by atoms with Gasteiger partial charge in [-0.05, 0) is 67.9 Å². The molecule has 1 aliphatic heterocycles. The number of allylic oxidation sites excluding steroid dienone is 1. The van der Waals surface area contributed by atoms with Crippen LogP contribution in [0.1, 0.15) is 29.7 Å². The highest BCUT2D eigenvalue weighted by Gasteiger charge is 2.31. The summed E-state index contributed by atoms with van der Waals surface area (Å²) in [7, 11) is 0. The number of aromatic hydroxyl groups is 1. The van der Waals surface area contributed by atoms with E-state index in [0.717, 1.165) is 11.1 Å². The molecule has 2 aromatic rings. The average molecular weight is 412 g/mol. The van der Waals surface area contributed by atoms with Gasteiger partial charge in [0.05, 0.1) is 16.5 Å². The summed E-state index contributed by atoms with van der Waals surface area (Å²) in [6, 6.07) is 8.87. The predicted octanol–water partition coefficient (Wildman–Crippen LogP) is 3.35. The van der Waals surface area contributed by atoms with Crippen LogP contribution in [0.15, 0.2) is 47.7 Å². The van der Waals surface area contributed by atoms with Crippen molar-refractivity contribution in [3.8, 4) is 5.75 Å². The van der Waals surface area contributed by atoms with Crippen molar-refractivity contribution >= 4 is 34.6 Å². The zero-order valence-electron chi connectivity index (χ0n) is 16.1. The number of nitro benzene ring substituents is 1. The molecule has 0 bridgehead atoms. The number of phenolic OH excluding ortho intramolecular Hbond substituents is 1. The van der Waals surface area contributed by atoms with E-state index in [9.17, 15) is 20.0 Å². The van der Waals surface area contributed by atoms with Crippen molar-refractivity contribution in [3.05, 3.63) is 74.5 Å². The van der Waals surface area contributed by atoms with Gasteiger partial charge in [-0.1, -0.05) is 12.1 Å². The number of carbonyl (C=O) groups is 1. The van der Waals surface area contributed by atoms with E-state index in [2.05, 4.69) is 16.0 Å². The Kier molecular flexibility index (Phi) is 5.51. The lowest BCUT2D eigenvalue weighted by Gasteiger charge is -2.30. The van der Waals surface area contributed by atoms with Crippen molar-refractivity contribution in [2.24, 2.45) is 0 Å². The van der Waals surface area contributed by atoms with Crippen molar-refractivity contribution in [1.82, 2.24) is 10.6 Å². The van der Waals surface area contributed by atoms with Crippen LogP contribution in [0.4, 0.5) is 11.4 Å². The molecule has 0 radical (unpaired) electrons. The normalized spacial score (nSPS) is 16.1. The van der Waals surface area contributed by atoms with Crippen molar-refractivity contribution in [1.29, 1.82) is 0 Å². The molecule has 3 rings (SSSR count). The summed E-state index contributed by atoms with van der Waals surface area (Å²) in [5.74, 6) is -0.814. The van der Waals surface area contributed by atoms with Crippen molar-refractivity contribution in [3.63, 3.8) is 0 Å². The van der Waals surface area contributed by atoms with Gasteiger partial charge >= 0.3 is 5.69 Å². The molecule has 8 nitrogen and oxygen atoms in total. The summed E-state index contributed by atoms with van der Waals surface area (Å²) < 4.78 is 0. The Balaban J connectivity index is 2.00. The van der Waals surface area contributed by atoms with Crippen LogP contribution in [0.25, 0.3) is 0 Å². The monoisotopic (exact) mass is 412 g/mol. The summed E-state index contributed by atoms with van der Waals surface area (Å²) >= 11 is 5.20. The Hall–Kier alpha value is -3.46. The molecule has 0 aromatic heterocycles. The van der Waals surface area contributed by atoms with Crippen LogP contribution in [0.3, 0.4) is 0 Å². The fourth-order valence-electron chi connectivity index (χ4n) is 3.13. The molecule has 2 aromatic carbocycles. The number of nitrogens with one attached hydrogen (secondary N) is 3. The molecule has 29 heavy (non-hydrogen) atoms. The van der Waals surface area contributed by atoms with Crippen molar-refractivity contribution in [2.45, 2.75) is 26.8 Å². The number of hydrogen-bond donors (Lipinski definition) is 4. The molecule has 1 unspecified atom stereocenters. The largest absolute Gasteiger partial charge is 0.502 e. The lowest BCUT2D eigenvalue weighted by Crippen LogP contribution is -2.45. The number of hydrogen-bond acceptors (Lipinski definition) is 5. The number of anilines is 1. The van der Waals surface area contributed by atoms with Gasteiger partial charge in [0.2, 0.25) is 0 Å². The van der Waals surface area contributed by atoms with Crippen LogP contribution >= 0.6 is 12.2 Å². The first kappa shape index (κ1) is 20.3. The minimum atomic E-state index is -0.713. The van der Waals surface area contributed by atoms with E-state index in [1.807, 2.05) is 32.0 Å². The number of phenols is 1. The molecule has 1 aliphatic rings. The van der Waals surface area contributed by atoms with Crippen molar-refractivity contribution in [2.75, 3.05) is 5.32 Å². The van der Waals surface area contributed by atoms with Crippen LogP contribution < -0.4 is 16.0 Å². The van der Waals surface area contributed by atoms with Gasteiger partial charge in [-0.3, -0.25) is 14.9 Å². The molecular formula is C20H20N4O4S. The number of thiocarbonyl (C=S) groups is 1. The summed E-state index contributed by atoms with van der Waals surface area (Å²) in [4.78, 5) is 23.6. The number of amides is 1. The fraction of sp³-hybridized carbons (Fsp3) is 0.200. The number of rotatable bonds is 4. The SMILES string of the molecule is CC1=C(C(=O)Nc2ccc(C)c(C)c2)C(c2ccc(O)c([N+](=O)[O-])c2)NC(=S)N1. The maximum absolute atomic E-state index is 13.1. The first-order valence-corrected chi connectivity index (χ1v) is 9.22. The second-order valence-corrected chi connectivity index (χ2v) is 7.24. The number of nitro groups is 1. The highest BCUT2D eigenvalue weighted by molar-refractivity contribution is 7.80. The lowest BCUT2D eigenvalue weighted by molar-refractivity contribution is -0.385. The molecular weight excluding hydrogens is 392 g/mol. The van der Waals surface area contributed by atoms with Crippen molar-refractivity contribution < 1.29 is 14.8 Å². The summed E-state index contributed by atoms with van der Waals surface area (Å²) in [6.45, 7) is 5.65. The van der Waals surface area contributed by atoms with Crippen LogP contribution in [-0.2, 0) is 4.79 Å². The first-order valence-electron chi connectivity index (χ1n) is 8.81. The third kappa shape index (κ3) is 4.19. The predicted molar refractivity (Wildman–Crippen MR) is 114 cm³/mol. The maximum atomic E-state index is 13.1. The summed E-state index contributed by atoms with van der Waals surface area (Å²) in [5.41, 5.74) is 3.66. The zero-order chi connectivity index (χ0) is 21.3. The number of carbonyl (C=O) groups excluding carboxylic acids is 1. The van der Waals surface area contributed by atoms with Gasteiger partial charge < -0.3 is 21.1 Å². The molecule has 1 amide bonds. The second kappa shape index (κ2) is 7.88. The van der Waals surface area contributed by atoms with E-state index < -0.39 is 22.4 Å². The Morgan fingerprint density at radius 2 is 1.90 bits per heavy atom. The van der Waals surface area contributed by atoms with Crippen LogP contribution in [-0.4, -0.2) is 21.0 Å². The maximum Gasteiger partial charge on any atom is 0.311 e.